The van der Waals surface area contributed by atoms with E-state index in [-0.39, 0.29) is 12.0 Å². The number of fused-ring (bicyclic) bond motifs is 1. The molecule has 0 bridgehead atoms. The molecule has 2 aliphatic heterocycles. The number of rotatable bonds is 2. The van der Waals surface area contributed by atoms with Gasteiger partial charge < -0.3 is 14.5 Å². The number of amides is 1. The van der Waals surface area contributed by atoms with E-state index in [1.54, 1.807) is 35.5 Å². The fraction of sp³-hybridized carbons (Fsp3) is 0.421. The van der Waals surface area contributed by atoms with Gasteiger partial charge in [0.15, 0.2) is 0 Å². The smallest absolute Gasteiger partial charge is 0.254 e. The van der Waals surface area contributed by atoms with Crippen molar-refractivity contribution in [3.8, 4) is 0 Å². The number of benzene rings is 1. The molecule has 2 atom stereocenters. The maximum absolute atomic E-state index is 13.4. The van der Waals surface area contributed by atoms with Crippen LogP contribution >= 0.6 is 0 Å². The number of aromatic nitrogens is 2. The summed E-state index contributed by atoms with van der Waals surface area (Å²) in [6, 6.07) is 7.65. The highest BCUT2D eigenvalue weighted by atomic mass is 19.1. The predicted molar refractivity (Wildman–Crippen MR) is 94.4 cm³/mol. The minimum absolute atomic E-state index is 0.0185. The molecule has 2 aliphatic rings. The molecule has 4 rings (SSSR count). The van der Waals surface area contributed by atoms with E-state index in [9.17, 15) is 9.18 Å². The summed E-state index contributed by atoms with van der Waals surface area (Å²) in [5, 5.41) is 0. The van der Waals surface area contributed by atoms with Crippen LogP contribution in [0.15, 0.2) is 42.7 Å². The summed E-state index contributed by atoms with van der Waals surface area (Å²) in [4.78, 5) is 25.3. The molecule has 26 heavy (non-hydrogen) atoms. The molecule has 3 heterocycles. The molecule has 0 saturated carbocycles. The number of halogens is 1. The van der Waals surface area contributed by atoms with E-state index in [1.807, 2.05) is 0 Å². The van der Waals surface area contributed by atoms with Crippen molar-refractivity contribution in [2.24, 2.45) is 5.92 Å². The molecule has 2 fully saturated rings. The normalized spacial score (nSPS) is 23.3. The fourth-order valence-corrected chi connectivity index (χ4v) is 3.68. The fourth-order valence-electron chi connectivity index (χ4n) is 3.68. The third-order valence-corrected chi connectivity index (χ3v) is 5.04. The van der Waals surface area contributed by atoms with Crippen LogP contribution in [0, 0.1) is 11.7 Å². The van der Waals surface area contributed by atoms with Gasteiger partial charge in [-0.05, 0) is 30.7 Å². The molecule has 7 heteroatoms. The van der Waals surface area contributed by atoms with Gasteiger partial charge in [0.2, 0.25) is 5.95 Å². The van der Waals surface area contributed by atoms with Crippen LogP contribution in [0.5, 0.6) is 0 Å². The van der Waals surface area contributed by atoms with Crippen LogP contribution in [0.25, 0.3) is 0 Å². The van der Waals surface area contributed by atoms with E-state index >= 15 is 0 Å². The molecule has 1 aromatic heterocycles. The number of carbonyl (C=O) groups excluding carboxylic acids is 1. The average Bonchev–Trinajstić information content (AvgIpc) is 2.90. The number of carbonyl (C=O) groups is 1. The molecule has 136 valence electrons. The van der Waals surface area contributed by atoms with Gasteiger partial charge in [-0.25, -0.2) is 14.4 Å². The standard InChI is InChI=1S/C19H21FN4O2/c20-16-4-1-3-14(11-16)18(25)23-8-5-15-12-24(9-10-26-17(15)13-23)19-21-6-2-7-22-19/h1-4,6-7,11,15,17H,5,8-10,12-13H2/t15-,17-/m0/s1. The number of nitrogens with zero attached hydrogens (tertiary/aromatic N) is 4. The first-order valence-electron chi connectivity index (χ1n) is 8.89. The number of piperidine rings is 1. The maximum Gasteiger partial charge on any atom is 0.254 e. The molecule has 0 radical (unpaired) electrons. The largest absolute Gasteiger partial charge is 0.374 e. The van der Waals surface area contributed by atoms with Gasteiger partial charge in [0, 0.05) is 50.1 Å². The van der Waals surface area contributed by atoms with E-state index < -0.39 is 5.82 Å². The molecule has 0 aliphatic carbocycles. The maximum atomic E-state index is 13.4. The first-order chi connectivity index (χ1) is 12.7. The highest BCUT2D eigenvalue weighted by Crippen LogP contribution is 2.26. The van der Waals surface area contributed by atoms with Gasteiger partial charge >= 0.3 is 0 Å². The molecule has 2 aromatic rings. The molecule has 1 amide bonds. The first-order valence-corrected chi connectivity index (χ1v) is 8.89. The van der Waals surface area contributed by atoms with Crippen LogP contribution in [0.4, 0.5) is 10.3 Å². The van der Waals surface area contributed by atoms with Crippen molar-refractivity contribution in [1.82, 2.24) is 14.9 Å². The van der Waals surface area contributed by atoms with Gasteiger partial charge in [0.1, 0.15) is 5.82 Å². The van der Waals surface area contributed by atoms with Gasteiger partial charge in [-0.3, -0.25) is 4.79 Å². The lowest BCUT2D eigenvalue weighted by Gasteiger charge is -2.38. The van der Waals surface area contributed by atoms with E-state index in [0.717, 1.165) is 25.5 Å². The van der Waals surface area contributed by atoms with Crippen molar-refractivity contribution in [2.45, 2.75) is 12.5 Å². The van der Waals surface area contributed by atoms with E-state index in [0.29, 0.717) is 31.2 Å². The number of hydrogen-bond donors (Lipinski definition) is 0. The van der Waals surface area contributed by atoms with Gasteiger partial charge in [-0.1, -0.05) is 6.07 Å². The lowest BCUT2D eigenvalue weighted by atomic mass is 9.93. The number of likely N-dealkylation sites (tertiary alicyclic amines) is 1. The second-order valence-corrected chi connectivity index (χ2v) is 6.71. The Hall–Kier alpha value is -2.54. The van der Waals surface area contributed by atoms with Crippen LogP contribution in [-0.4, -0.2) is 59.7 Å². The summed E-state index contributed by atoms with van der Waals surface area (Å²) >= 11 is 0. The van der Waals surface area contributed by atoms with E-state index in [4.69, 9.17) is 4.74 Å². The van der Waals surface area contributed by atoms with Crippen molar-refractivity contribution in [3.63, 3.8) is 0 Å². The predicted octanol–water partition coefficient (Wildman–Crippen LogP) is 1.98. The summed E-state index contributed by atoms with van der Waals surface area (Å²) in [6.07, 6.45) is 4.31. The first kappa shape index (κ1) is 16.9. The zero-order chi connectivity index (χ0) is 17.9. The van der Waals surface area contributed by atoms with Crippen LogP contribution < -0.4 is 4.90 Å². The Morgan fingerprint density at radius 3 is 2.81 bits per heavy atom. The van der Waals surface area contributed by atoms with E-state index in [2.05, 4.69) is 14.9 Å². The lowest BCUT2D eigenvalue weighted by Crippen LogP contribution is -2.49. The Balaban J connectivity index is 1.44. The summed E-state index contributed by atoms with van der Waals surface area (Å²) in [6.45, 7) is 3.29. The molecule has 0 N–H and O–H groups in total. The second kappa shape index (κ2) is 7.37. The minimum atomic E-state index is -0.394. The summed E-state index contributed by atoms with van der Waals surface area (Å²) in [7, 11) is 0. The van der Waals surface area contributed by atoms with Crippen molar-refractivity contribution >= 4 is 11.9 Å². The highest BCUT2D eigenvalue weighted by Gasteiger charge is 2.35. The molecular weight excluding hydrogens is 335 g/mol. The monoisotopic (exact) mass is 356 g/mol. The average molecular weight is 356 g/mol. The van der Waals surface area contributed by atoms with Crippen LogP contribution in [0.2, 0.25) is 0 Å². The Morgan fingerprint density at radius 1 is 1.15 bits per heavy atom. The second-order valence-electron chi connectivity index (χ2n) is 6.71. The summed E-state index contributed by atoms with van der Waals surface area (Å²) in [5.74, 6) is 0.502. The Bertz CT molecular complexity index is 773. The van der Waals surface area contributed by atoms with Crippen LogP contribution in [0.3, 0.4) is 0 Å². The summed E-state index contributed by atoms with van der Waals surface area (Å²) in [5.41, 5.74) is 0.386. The highest BCUT2D eigenvalue weighted by molar-refractivity contribution is 5.94. The van der Waals surface area contributed by atoms with Crippen molar-refractivity contribution < 1.29 is 13.9 Å². The van der Waals surface area contributed by atoms with Crippen molar-refractivity contribution in [1.29, 1.82) is 0 Å². The zero-order valence-corrected chi connectivity index (χ0v) is 14.4. The third kappa shape index (κ3) is 3.53. The van der Waals surface area contributed by atoms with Crippen molar-refractivity contribution in [3.05, 3.63) is 54.1 Å². The van der Waals surface area contributed by atoms with Crippen LogP contribution in [0.1, 0.15) is 16.8 Å². The molecule has 0 unspecified atom stereocenters. The SMILES string of the molecule is O=C(c1cccc(F)c1)N1CC[C@H]2CN(c3ncccn3)CCO[C@H]2C1. The molecule has 6 nitrogen and oxygen atoms in total. The minimum Gasteiger partial charge on any atom is -0.374 e. The van der Waals surface area contributed by atoms with Crippen LogP contribution in [-0.2, 0) is 4.74 Å². The molecular formula is C19H21FN4O2. The zero-order valence-electron chi connectivity index (χ0n) is 14.4. The van der Waals surface area contributed by atoms with Gasteiger partial charge in [0.25, 0.3) is 5.91 Å². The molecule has 1 aromatic carbocycles. The number of ether oxygens (including phenoxy) is 1. The van der Waals surface area contributed by atoms with Gasteiger partial charge in [0.05, 0.1) is 12.7 Å². The Labute approximate surface area is 151 Å². The number of hydrogen-bond acceptors (Lipinski definition) is 5. The summed E-state index contributed by atoms with van der Waals surface area (Å²) < 4.78 is 19.4. The lowest BCUT2D eigenvalue weighted by molar-refractivity contribution is -0.0169. The van der Waals surface area contributed by atoms with Crippen molar-refractivity contribution in [2.75, 3.05) is 37.7 Å². The number of anilines is 1. The molecule has 0 spiro atoms. The van der Waals surface area contributed by atoms with Gasteiger partial charge in [-0.15, -0.1) is 0 Å². The van der Waals surface area contributed by atoms with E-state index in [1.165, 1.54) is 12.1 Å². The topological polar surface area (TPSA) is 58.6 Å². The quantitative estimate of drug-likeness (QED) is 0.824. The third-order valence-electron chi connectivity index (χ3n) is 5.04. The van der Waals surface area contributed by atoms with Gasteiger partial charge in [-0.2, -0.15) is 0 Å². The Morgan fingerprint density at radius 2 is 2.00 bits per heavy atom. The Kier molecular flexibility index (Phi) is 4.79. The molecule has 2 saturated heterocycles.